The molecule has 17 heavy (non-hydrogen) atoms. The number of aliphatic carboxylic acids is 1. The van der Waals surface area contributed by atoms with E-state index in [4.69, 9.17) is 5.11 Å². The molecule has 0 bridgehead atoms. The van der Waals surface area contributed by atoms with Gasteiger partial charge in [-0.1, -0.05) is 6.07 Å². The Labute approximate surface area is 98.5 Å². The van der Waals surface area contributed by atoms with Gasteiger partial charge in [-0.3, -0.25) is 9.59 Å². The zero-order chi connectivity index (χ0) is 12.4. The van der Waals surface area contributed by atoms with Crippen LogP contribution in [0.25, 0.3) is 5.52 Å². The Hall–Kier alpha value is -2.10. The molecule has 2 aromatic heterocycles. The Bertz CT molecular complexity index is 583. The summed E-state index contributed by atoms with van der Waals surface area (Å²) in [6, 6.07) is 7.59. The van der Waals surface area contributed by atoms with Crippen LogP contribution in [0.4, 0.5) is 0 Å². The average Bonchev–Trinajstić information content (AvgIpc) is 2.61. The smallest absolute Gasteiger partial charge is 0.303 e. The number of carboxylic acid groups (broad SMARTS) is 1. The number of ketones is 1. The number of hydrogen-bond donors (Lipinski definition) is 1. The molecule has 0 aliphatic rings. The van der Waals surface area contributed by atoms with Crippen molar-refractivity contribution >= 4 is 17.3 Å². The molecule has 0 unspecified atom stereocenters. The van der Waals surface area contributed by atoms with Crippen molar-refractivity contribution in [2.75, 3.05) is 0 Å². The van der Waals surface area contributed by atoms with Crippen molar-refractivity contribution < 1.29 is 14.7 Å². The van der Waals surface area contributed by atoms with E-state index in [-0.39, 0.29) is 18.6 Å². The summed E-state index contributed by atoms with van der Waals surface area (Å²) in [4.78, 5) is 22.4. The van der Waals surface area contributed by atoms with Gasteiger partial charge in [0.1, 0.15) is 0 Å². The third kappa shape index (κ3) is 2.20. The number of carbonyl (C=O) groups excluding carboxylic acids is 1. The molecule has 0 aliphatic heterocycles. The maximum atomic E-state index is 12.0. The van der Waals surface area contributed by atoms with E-state index in [1.54, 1.807) is 4.40 Å². The molecule has 2 aromatic rings. The van der Waals surface area contributed by atoms with Crippen LogP contribution in [-0.2, 0) is 4.79 Å². The molecule has 0 radical (unpaired) electrons. The largest absolute Gasteiger partial charge is 0.481 e. The number of rotatable bonds is 4. The van der Waals surface area contributed by atoms with E-state index >= 15 is 0 Å². The fourth-order valence-electron chi connectivity index (χ4n) is 1.95. The summed E-state index contributed by atoms with van der Waals surface area (Å²) in [5.74, 6) is -1.08. The lowest BCUT2D eigenvalue weighted by Crippen LogP contribution is -2.07. The minimum absolute atomic E-state index is 0.0389. The molecule has 0 aliphatic carbocycles. The van der Waals surface area contributed by atoms with Crippen molar-refractivity contribution in [2.45, 2.75) is 19.8 Å². The standard InChI is InChI=1S/C13H13NO3/c1-9-8-10-4-2-3-7-14(10)13(9)11(15)5-6-12(16)17/h2-4,7-8H,5-6H2,1H3,(H,16,17). The minimum Gasteiger partial charge on any atom is -0.481 e. The Morgan fingerprint density at radius 2 is 2.06 bits per heavy atom. The van der Waals surface area contributed by atoms with Crippen molar-refractivity contribution in [1.82, 2.24) is 4.40 Å². The Kier molecular flexibility index (Phi) is 2.95. The lowest BCUT2D eigenvalue weighted by atomic mass is 10.1. The summed E-state index contributed by atoms with van der Waals surface area (Å²) < 4.78 is 1.81. The molecule has 0 amide bonds. The Morgan fingerprint density at radius 3 is 2.76 bits per heavy atom. The van der Waals surface area contributed by atoms with Crippen LogP contribution >= 0.6 is 0 Å². The first-order valence-corrected chi connectivity index (χ1v) is 5.41. The van der Waals surface area contributed by atoms with Gasteiger partial charge >= 0.3 is 5.97 Å². The molecular formula is C13H13NO3. The SMILES string of the molecule is Cc1cc2ccccn2c1C(=O)CCC(=O)O. The number of carbonyl (C=O) groups is 2. The first kappa shape index (κ1) is 11.4. The van der Waals surface area contributed by atoms with Gasteiger partial charge in [0.2, 0.25) is 0 Å². The van der Waals surface area contributed by atoms with E-state index in [2.05, 4.69) is 0 Å². The lowest BCUT2D eigenvalue weighted by molar-refractivity contribution is -0.136. The van der Waals surface area contributed by atoms with E-state index in [1.807, 2.05) is 37.4 Å². The summed E-state index contributed by atoms with van der Waals surface area (Å²) in [5.41, 5.74) is 2.41. The number of fused-ring (bicyclic) bond motifs is 1. The van der Waals surface area contributed by atoms with Crippen LogP contribution in [0.3, 0.4) is 0 Å². The first-order valence-electron chi connectivity index (χ1n) is 5.41. The molecule has 88 valence electrons. The molecule has 1 N–H and O–H groups in total. The van der Waals surface area contributed by atoms with E-state index in [0.717, 1.165) is 11.1 Å². The zero-order valence-corrected chi connectivity index (χ0v) is 9.51. The number of pyridine rings is 1. The van der Waals surface area contributed by atoms with Crippen LogP contribution in [0.1, 0.15) is 28.9 Å². The fourth-order valence-corrected chi connectivity index (χ4v) is 1.95. The maximum absolute atomic E-state index is 12.0. The van der Waals surface area contributed by atoms with E-state index in [1.165, 1.54) is 0 Å². The van der Waals surface area contributed by atoms with Crippen LogP contribution in [0.5, 0.6) is 0 Å². The molecule has 2 rings (SSSR count). The highest BCUT2D eigenvalue weighted by Crippen LogP contribution is 2.17. The molecule has 0 aromatic carbocycles. The number of aromatic nitrogens is 1. The topological polar surface area (TPSA) is 58.8 Å². The van der Waals surface area contributed by atoms with Crippen molar-refractivity contribution in [1.29, 1.82) is 0 Å². The normalized spacial score (nSPS) is 10.6. The molecule has 0 saturated carbocycles. The fraction of sp³-hybridized carbons (Fsp3) is 0.231. The zero-order valence-electron chi connectivity index (χ0n) is 9.51. The average molecular weight is 231 g/mol. The van der Waals surface area contributed by atoms with Crippen LogP contribution < -0.4 is 0 Å². The molecule has 4 heteroatoms. The Balaban J connectivity index is 2.37. The second kappa shape index (κ2) is 4.41. The number of nitrogens with zero attached hydrogens (tertiary/aromatic N) is 1. The second-order valence-corrected chi connectivity index (χ2v) is 3.99. The third-order valence-electron chi connectivity index (χ3n) is 2.70. The quantitative estimate of drug-likeness (QED) is 0.821. The van der Waals surface area contributed by atoms with Crippen molar-refractivity contribution in [3.8, 4) is 0 Å². The van der Waals surface area contributed by atoms with Crippen LogP contribution in [-0.4, -0.2) is 21.3 Å². The van der Waals surface area contributed by atoms with Crippen LogP contribution in [0, 0.1) is 6.92 Å². The van der Waals surface area contributed by atoms with E-state index in [9.17, 15) is 9.59 Å². The molecule has 0 fully saturated rings. The maximum Gasteiger partial charge on any atom is 0.303 e. The highest BCUT2D eigenvalue weighted by Gasteiger charge is 2.15. The van der Waals surface area contributed by atoms with Gasteiger partial charge < -0.3 is 9.51 Å². The third-order valence-corrected chi connectivity index (χ3v) is 2.70. The van der Waals surface area contributed by atoms with E-state index < -0.39 is 5.97 Å². The van der Waals surface area contributed by atoms with Gasteiger partial charge in [0.15, 0.2) is 5.78 Å². The van der Waals surface area contributed by atoms with E-state index in [0.29, 0.717) is 5.69 Å². The summed E-state index contributed by atoms with van der Waals surface area (Å²) in [6.07, 6.45) is 1.73. The van der Waals surface area contributed by atoms with Crippen LogP contribution in [0.15, 0.2) is 30.5 Å². The first-order chi connectivity index (χ1) is 8.09. The van der Waals surface area contributed by atoms with Crippen molar-refractivity contribution in [3.05, 3.63) is 41.7 Å². The lowest BCUT2D eigenvalue weighted by Gasteiger charge is -2.02. The van der Waals surface area contributed by atoms with Gasteiger partial charge in [0.25, 0.3) is 0 Å². The Morgan fingerprint density at radius 1 is 1.29 bits per heavy atom. The number of aryl methyl sites for hydroxylation is 1. The summed E-state index contributed by atoms with van der Waals surface area (Å²) >= 11 is 0. The molecule has 0 atom stereocenters. The van der Waals surface area contributed by atoms with Gasteiger partial charge in [-0.2, -0.15) is 0 Å². The number of Topliss-reactive ketones (excluding diaryl/α,β-unsaturated/α-hetero) is 1. The number of hydrogen-bond acceptors (Lipinski definition) is 2. The minimum atomic E-state index is -0.947. The van der Waals surface area contributed by atoms with Gasteiger partial charge in [0.05, 0.1) is 12.1 Å². The summed E-state index contributed by atoms with van der Waals surface area (Å²) in [6.45, 7) is 1.86. The predicted octanol–water partition coefficient (Wildman–Crippen LogP) is 2.30. The molecule has 0 spiro atoms. The summed E-state index contributed by atoms with van der Waals surface area (Å²) in [7, 11) is 0. The molecule has 2 heterocycles. The highest BCUT2D eigenvalue weighted by molar-refractivity contribution is 5.98. The summed E-state index contributed by atoms with van der Waals surface area (Å²) in [5, 5.41) is 8.58. The molecule has 0 saturated heterocycles. The second-order valence-electron chi connectivity index (χ2n) is 3.99. The highest BCUT2D eigenvalue weighted by atomic mass is 16.4. The van der Waals surface area contributed by atoms with Gasteiger partial charge in [-0.25, -0.2) is 0 Å². The predicted molar refractivity (Wildman–Crippen MR) is 63.3 cm³/mol. The molecular weight excluding hydrogens is 218 g/mol. The van der Waals surface area contributed by atoms with Gasteiger partial charge in [-0.05, 0) is 30.7 Å². The molecule has 4 nitrogen and oxygen atoms in total. The van der Waals surface area contributed by atoms with Crippen molar-refractivity contribution in [2.24, 2.45) is 0 Å². The monoisotopic (exact) mass is 231 g/mol. The van der Waals surface area contributed by atoms with Crippen molar-refractivity contribution in [3.63, 3.8) is 0 Å². The van der Waals surface area contributed by atoms with Crippen LogP contribution in [0.2, 0.25) is 0 Å². The number of carboxylic acids is 1. The van der Waals surface area contributed by atoms with Gasteiger partial charge in [0, 0.05) is 18.1 Å². The van der Waals surface area contributed by atoms with Gasteiger partial charge in [-0.15, -0.1) is 0 Å².